The molecule has 0 amide bonds. The van der Waals surface area contributed by atoms with Gasteiger partial charge in [-0.3, -0.25) is 14.7 Å². The summed E-state index contributed by atoms with van der Waals surface area (Å²) in [4.78, 5) is 21.0. The largest absolute Gasteiger partial charge is 0.497 e. The fourth-order valence-electron chi connectivity index (χ4n) is 7.06. The first-order chi connectivity index (χ1) is 13.6. The van der Waals surface area contributed by atoms with Crippen LogP contribution in [0, 0.1) is 17.3 Å². The van der Waals surface area contributed by atoms with Crippen molar-refractivity contribution < 1.29 is 19.0 Å². The summed E-state index contributed by atoms with van der Waals surface area (Å²) < 4.78 is 17.9. The molecule has 9 rings (SSSR count). The Labute approximate surface area is 164 Å². The molecule has 28 heavy (non-hydrogen) atoms. The molecule has 1 spiro atoms. The first kappa shape index (κ1) is 17.0. The molecule has 6 nitrogen and oxygen atoms in total. The van der Waals surface area contributed by atoms with E-state index in [1.807, 2.05) is 12.1 Å². The summed E-state index contributed by atoms with van der Waals surface area (Å²) in [6.07, 6.45) is 3.85. The van der Waals surface area contributed by atoms with Crippen molar-refractivity contribution in [2.45, 2.75) is 50.5 Å². The van der Waals surface area contributed by atoms with Gasteiger partial charge >= 0.3 is 5.97 Å². The van der Waals surface area contributed by atoms with Gasteiger partial charge in [-0.25, -0.2) is 0 Å². The van der Waals surface area contributed by atoms with Crippen LogP contribution in [-0.4, -0.2) is 49.6 Å². The lowest BCUT2D eigenvalue weighted by Gasteiger charge is -2.59. The van der Waals surface area contributed by atoms with Crippen LogP contribution < -0.4 is 4.74 Å². The Hall–Kier alpha value is -1.92. The second-order valence-corrected chi connectivity index (χ2v) is 8.94. The summed E-state index contributed by atoms with van der Waals surface area (Å²) in [5, 5.41) is 0. The second kappa shape index (κ2) is 5.36. The summed E-state index contributed by atoms with van der Waals surface area (Å²) in [5.41, 5.74) is 1.50. The second-order valence-electron chi connectivity index (χ2n) is 8.94. The maximum Gasteiger partial charge on any atom is 0.319 e. The fraction of sp³-hybridized carbons (Fsp3) is 0.636. The number of fused-ring (bicyclic) bond motifs is 3. The number of hydrogen-bond acceptors (Lipinski definition) is 6. The molecule has 1 saturated carbocycles. The third-order valence-electron chi connectivity index (χ3n) is 8.02. The summed E-state index contributed by atoms with van der Waals surface area (Å²) in [6, 6.07) is 6.09. The number of ether oxygens (including phenoxy) is 3. The van der Waals surface area contributed by atoms with Crippen molar-refractivity contribution in [2.75, 3.05) is 20.8 Å². The topological polar surface area (TPSA) is 60.4 Å². The third-order valence-corrected chi connectivity index (χ3v) is 8.02. The van der Waals surface area contributed by atoms with Crippen molar-refractivity contribution in [3.63, 3.8) is 0 Å². The van der Waals surface area contributed by atoms with Crippen LogP contribution in [0.3, 0.4) is 0 Å². The molecule has 148 valence electrons. The average Bonchev–Trinajstić information content (AvgIpc) is 2.90. The van der Waals surface area contributed by atoms with Gasteiger partial charge < -0.3 is 14.2 Å². The molecule has 7 atom stereocenters. The zero-order chi connectivity index (χ0) is 19.3. The lowest BCUT2D eigenvalue weighted by molar-refractivity contribution is -0.247. The van der Waals surface area contributed by atoms with Crippen molar-refractivity contribution in [1.29, 1.82) is 0 Å². The van der Waals surface area contributed by atoms with Gasteiger partial charge in [0.2, 0.25) is 0 Å². The van der Waals surface area contributed by atoms with E-state index in [9.17, 15) is 4.79 Å². The van der Waals surface area contributed by atoms with Crippen LogP contribution in [-0.2, 0) is 19.9 Å². The van der Waals surface area contributed by atoms with Crippen LogP contribution in [0.5, 0.6) is 5.75 Å². The van der Waals surface area contributed by atoms with E-state index in [1.165, 1.54) is 7.11 Å². The summed E-state index contributed by atoms with van der Waals surface area (Å²) in [7, 11) is 3.19. The molecule has 7 fully saturated rings. The van der Waals surface area contributed by atoms with E-state index in [4.69, 9.17) is 19.2 Å². The van der Waals surface area contributed by atoms with Crippen LogP contribution in [0.1, 0.15) is 38.2 Å². The standard InChI is InChI=1S/C22H26N2O4/c1-4-12-9-13-11-21(20(25)27-3)17(12)24-8-7-22(28-18(13)24)15-10-14(26-2)5-6-16(15)23-19(21)22/h5-6,10,12-13,17-18H,4,7-9,11H2,1-3H3/t12-,13+,17-,18?,21-,22+/m0/s1. The number of esters is 1. The minimum absolute atomic E-state index is 0.0594. The molecule has 8 aliphatic rings. The van der Waals surface area contributed by atoms with Gasteiger partial charge in [0.25, 0.3) is 0 Å². The van der Waals surface area contributed by atoms with Gasteiger partial charge in [0.15, 0.2) is 0 Å². The number of nitrogens with zero attached hydrogens (tertiary/aromatic N) is 2. The van der Waals surface area contributed by atoms with Gasteiger partial charge in [0.05, 0.1) is 25.6 Å². The Morgan fingerprint density at radius 3 is 3.00 bits per heavy atom. The maximum absolute atomic E-state index is 13.5. The van der Waals surface area contributed by atoms with Crippen molar-refractivity contribution in [1.82, 2.24) is 4.90 Å². The van der Waals surface area contributed by atoms with E-state index in [-0.39, 0.29) is 18.2 Å². The lowest BCUT2D eigenvalue weighted by Crippen LogP contribution is -2.69. The highest BCUT2D eigenvalue weighted by molar-refractivity contribution is 6.16. The van der Waals surface area contributed by atoms with E-state index < -0.39 is 11.0 Å². The van der Waals surface area contributed by atoms with Crippen molar-refractivity contribution in [2.24, 2.45) is 22.2 Å². The van der Waals surface area contributed by atoms with E-state index in [0.717, 1.165) is 54.9 Å². The zero-order valence-corrected chi connectivity index (χ0v) is 16.6. The van der Waals surface area contributed by atoms with Crippen LogP contribution in [0.25, 0.3) is 0 Å². The van der Waals surface area contributed by atoms with Crippen molar-refractivity contribution >= 4 is 17.4 Å². The Morgan fingerprint density at radius 1 is 1.39 bits per heavy atom. The molecule has 6 bridgehead atoms. The van der Waals surface area contributed by atoms with E-state index >= 15 is 0 Å². The molecule has 0 radical (unpaired) electrons. The predicted octanol–water partition coefficient (Wildman–Crippen LogP) is 3.02. The number of rotatable bonds is 3. The molecule has 6 saturated heterocycles. The molecule has 1 aliphatic carbocycles. The van der Waals surface area contributed by atoms with Crippen molar-refractivity contribution in [3.8, 4) is 5.75 Å². The first-order valence-corrected chi connectivity index (χ1v) is 10.4. The Morgan fingerprint density at radius 2 is 2.25 bits per heavy atom. The Kier molecular flexibility index (Phi) is 3.25. The molecule has 0 aromatic heterocycles. The van der Waals surface area contributed by atoms with Gasteiger partial charge in [-0.2, -0.15) is 0 Å². The quantitative estimate of drug-likeness (QED) is 0.752. The van der Waals surface area contributed by atoms with Crippen LogP contribution in [0.2, 0.25) is 0 Å². The number of carbonyl (C=O) groups excluding carboxylic acids is 1. The summed E-state index contributed by atoms with van der Waals surface area (Å²) >= 11 is 0. The highest BCUT2D eigenvalue weighted by atomic mass is 16.5. The SMILES string of the molecule is CC[C@H]1C[C@@H]2C[C@@]3(C(=O)OC)C4=Nc5ccc(OC)cc5[C@]45CCN(C2O5)[C@@H]13. The molecule has 7 aliphatic heterocycles. The molecule has 1 aromatic rings. The molecule has 2 unspecified atom stereocenters. The van der Waals surface area contributed by atoms with Gasteiger partial charge in [-0.1, -0.05) is 13.3 Å². The van der Waals surface area contributed by atoms with Crippen LogP contribution >= 0.6 is 0 Å². The van der Waals surface area contributed by atoms with E-state index in [1.54, 1.807) is 7.11 Å². The highest BCUT2D eigenvalue weighted by Gasteiger charge is 2.75. The van der Waals surface area contributed by atoms with Crippen LogP contribution in [0.15, 0.2) is 23.2 Å². The number of methoxy groups -OCH3 is 2. The first-order valence-electron chi connectivity index (χ1n) is 10.4. The van der Waals surface area contributed by atoms with Gasteiger partial charge in [0, 0.05) is 24.1 Å². The predicted molar refractivity (Wildman–Crippen MR) is 103 cm³/mol. The molecule has 6 heteroatoms. The van der Waals surface area contributed by atoms with Gasteiger partial charge in [-0.05, 0) is 43.4 Å². The number of aliphatic imine (C=N–C) groups is 1. The number of benzene rings is 1. The molecule has 1 aromatic carbocycles. The monoisotopic (exact) mass is 382 g/mol. The normalized spacial score (nSPS) is 44.0. The molecular formula is C22H26N2O4. The minimum atomic E-state index is -0.714. The third kappa shape index (κ3) is 1.69. The summed E-state index contributed by atoms with van der Waals surface area (Å²) in [6.45, 7) is 3.16. The lowest BCUT2D eigenvalue weighted by atomic mass is 9.55. The summed E-state index contributed by atoms with van der Waals surface area (Å²) in [5.74, 6) is 1.47. The van der Waals surface area contributed by atoms with Crippen molar-refractivity contribution in [3.05, 3.63) is 23.8 Å². The highest BCUT2D eigenvalue weighted by Crippen LogP contribution is 2.66. The van der Waals surface area contributed by atoms with E-state index in [2.05, 4.69) is 17.9 Å². The Balaban J connectivity index is 1.64. The molecule has 0 N–H and O–H groups in total. The van der Waals surface area contributed by atoms with E-state index in [0.29, 0.717) is 11.8 Å². The minimum Gasteiger partial charge on any atom is -0.497 e. The zero-order valence-electron chi connectivity index (χ0n) is 16.6. The Bertz CT molecular complexity index is 914. The van der Waals surface area contributed by atoms with Gasteiger partial charge in [-0.15, -0.1) is 0 Å². The number of piperidine rings is 2. The maximum atomic E-state index is 13.5. The smallest absolute Gasteiger partial charge is 0.319 e. The number of carbonyl (C=O) groups is 1. The molecule has 7 heterocycles. The average molecular weight is 382 g/mol. The number of hydrogen-bond donors (Lipinski definition) is 0. The fourth-order valence-corrected chi connectivity index (χ4v) is 7.06. The van der Waals surface area contributed by atoms with Gasteiger partial charge in [0.1, 0.15) is 23.0 Å². The van der Waals surface area contributed by atoms with Crippen LogP contribution in [0.4, 0.5) is 5.69 Å². The molecular weight excluding hydrogens is 356 g/mol.